The molecule has 0 aromatic heterocycles. The van der Waals surface area contributed by atoms with Crippen molar-refractivity contribution in [3.8, 4) is 0 Å². The van der Waals surface area contributed by atoms with Crippen LogP contribution in [-0.4, -0.2) is 37.5 Å². The minimum absolute atomic E-state index is 0.312. The quantitative estimate of drug-likeness (QED) is 0.802. The second-order valence-corrected chi connectivity index (χ2v) is 6.83. The van der Waals surface area contributed by atoms with Crippen molar-refractivity contribution >= 4 is 0 Å². The van der Waals surface area contributed by atoms with Crippen molar-refractivity contribution < 1.29 is 9.47 Å². The van der Waals surface area contributed by atoms with E-state index in [2.05, 4.69) is 26.1 Å². The number of hydrogen-bond acceptors (Lipinski definition) is 3. The van der Waals surface area contributed by atoms with Gasteiger partial charge in [-0.15, -0.1) is 0 Å². The molecule has 5 atom stereocenters. The second-order valence-electron chi connectivity index (χ2n) is 6.83. The van der Waals surface area contributed by atoms with Gasteiger partial charge in [-0.3, -0.25) is 0 Å². The minimum atomic E-state index is 0.312. The molecule has 3 heteroatoms. The van der Waals surface area contributed by atoms with E-state index in [9.17, 15) is 0 Å². The molecule has 3 nitrogen and oxygen atoms in total. The van der Waals surface area contributed by atoms with Crippen molar-refractivity contribution in [3.05, 3.63) is 0 Å². The zero-order valence-corrected chi connectivity index (χ0v) is 12.7. The van der Waals surface area contributed by atoms with E-state index >= 15 is 0 Å². The van der Waals surface area contributed by atoms with Gasteiger partial charge in [-0.1, -0.05) is 13.8 Å². The summed E-state index contributed by atoms with van der Waals surface area (Å²) in [6, 6.07) is 1.20. The summed E-state index contributed by atoms with van der Waals surface area (Å²) in [6.07, 6.45) is 7.24. The van der Waals surface area contributed by atoms with E-state index in [1.54, 1.807) is 0 Å². The molecule has 1 N–H and O–H groups in total. The molecule has 1 aliphatic heterocycles. The Morgan fingerprint density at radius 1 is 1.26 bits per heavy atom. The van der Waals surface area contributed by atoms with E-state index in [1.807, 2.05) is 0 Å². The Bertz CT molecular complexity index is 318. The van der Waals surface area contributed by atoms with E-state index < -0.39 is 0 Å². The molecule has 0 radical (unpaired) electrons. The van der Waals surface area contributed by atoms with Gasteiger partial charge in [0.2, 0.25) is 0 Å². The van der Waals surface area contributed by atoms with Crippen LogP contribution in [0.25, 0.3) is 0 Å². The molecule has 5 unspecified atom stereocenters. The first kappa shape index (κ1) is 13.8. The molecule has 1 saturated heterocycles. The first-order valence-electron chi connectivity index (χ1n) is 8.18. The van der Waals surface area contributed by atoms with Gasteiger partial charge in [0.05, 0.1) is 12.2 Å². The Hall–Kier alpha value is -0.120. The molecule has 0 aromatic rings. The van der Waals surface area contributed by atoms with Crippen LogP contribution in [0.4, 0.5) is 0 Å². The summed E-state index contributed by atoms with van der Waals surface area (Å²) in [5.41, 5.74) is 0.312. The predicted octanol–water partition coefficient (Wildman–Crippen LogP) is 2.74. The summed E-state index contributed by atoms with van der Waals surface area (Å²) in [4.78, 5) is 0. The maximum atomic E-state index is 5.94. The zero-order chi connectivity index (χ0) is 13.5. The first-order valence-corrected chi connectivity index (χ1v) is 8.18. The highest BCUT2D eigenvalue weighted by Crippen LogP contribution is 2.47. The smallest absolute Gasteiger partial charge is 0.0757 e. The average Bonchev–Trinajstić information content (AvgIpc) is 3.16. The number of hydrogen-bond donors (Lipinski definition) is 1. The fraction of sp³-hybridized carbons (Fsp3) is 1.00. The Morgan fingerprint density at radius 2 is 2.05 bits per heavy atom. The summed E-state index contributed by atoms with van der Waals surface area (Å²) in [5.74, 6) is 0.843. The van der Waals surface area contributed by atoms with Gasteiger partial charge in [0.1, 0.15) is 0 Å². The van der Waals surface area contributed by atoms with Gasteiger partial charge in [-0.05, 0) is 44.9 Å². The van der Waals surface area contributed by atoms with Crippen molar-refractivity contribution in [1.29, 1.82) is 0 Å². The van der Waals surface area contributed by atoms with Crippen molar-refractivity contribution in [2.24, 2.45) is 11.3 Å². The van der Waals surface area contributed by atoms with Gasteiger partial charge in [0, 0.05) is 30.7 Å². The summed E-state index contributed by atoms with van der Waals surface area (Å²) in [5, 5.41) is 3.91. The molecule has 2 aliphatic carbocycles. The van der Waals surface area contributed by atoms with Crippen LogP contribution in [0.5, 0.6) is 0 Å². The van der Waals surface area contributed by atoms with E-state index in [0.717, 1.165) is 19.1 Å². The predicted molar refractivity (Wildman–Crippen MR) is 76.2 cm³/mol. The average molecular weight is 267 g/mol. The van der Waals surface area contributed by atoms with E-state index in [4.69, 9.17) is 9.47 Å². The molecule has 0 bridgehead atoms. The molecule has 3 rings (SSSR count). The molecule has 3 aliphatic rings. The molecule has 2 saturated carbocycles. The number of rotatable bonds is 6. The monoisotopic (exact) mass is 267 g/mol. The largest absolute Gasteiger partial charge is 0.378 e. The van der Waals surface area contributed by atoms with Crippen LogP contribution in [0.3, 0.4) is 0 Å². The molecule has 0 spiro atoms. The van der Waals surface area contributed by atoms with Crippen LogP contribution in [0, 0.1) is 11.3 Å². The lowest BCUT2D eigenvalue weighted by Crippen LogP contribution is -2.64. The maximum Gasteiger partial charge on any atom is 0.0757 e. The summed E-state index contributed by atoms with van der Waals surface area (Å²) < 4.78 is 11.8. The highest BCUT2D eigenvalue weighted by molar-refractivity contribution is 5.07. The van der Waals surface area contributed by atoms with Gasteiger partial charge >= 0.3 is 0 Å². The minimum Gasteiger partial charge on any atom is -0.378 e. The highest BCUT2D eigenvalue weighted by Gasteiger charge is 2.53. The molecule has 1 heterocycles. The summed E-state index contributed by atoms with van der Waals surface area (Å²) in [7, 11) is 0. The Balaban J connectivity index is 1.57. The lowest BCUT2D eigenvalue weighted by molar-refractivity contribution is -0.129. The summed E-state index contributed by atoms with van der Waals surface area (Å²) in [6.45, 7) is 8.57. The first-order chi connectivity index (χ1) is 9.19. The Kier molecular flexibility index (Phi) is 3.89. The third kappa shape index (κ3) is 2.45. The lowest BCUT2D eigenvalue weighted by Gasteiger charge is -2.54. The van der Waals surface area contributed by atoms with Crippen LogP contribution in [0.15, 0.2) is 0 Å². The second kappa shape index (κ2) is 5.34. The van der Waals surface area contributed by atoms with Gasteiger partial charge in [-0.25, -0.2) is 0 Å². The van der Waals surface area contributed by atoms with Crippen molar-refractivity contribution in [2.45, 2.75) is 77.2 Å². The van der Waals surface area contributed by atoms with Gasteiger partial charge in [-0.2, -0.15) is 0 Å². The van der Waals surface area contributed by atoms with E-state index in [0.29, 0.717) is 29.7 Å². The van der Waals surface area contributed by atoms with Gasteiger partial charge in [0.15, 0.2) is 0 Å². The number of ether oxygens (including phenoxy) is 2. The zero-order valence-electron chi connectivity index (χ0n) is 12.7. The normalized spacial score (nSPS) is 46.3. The topological polar surface area (TPSA) is 30.5 Å². The van der Waals surface area contributed by atoms with Crippen LogP contribution >= 0.6 is 0 Å². The summed E-state index contributed by atoms with van der Waals surface area (Å²) >= 11 is 0. The lowest BCUT2D eigenvalue weighted by atomic mass is 9.61. The van der Waals surface area contributed by atoms with Crippen molar-refractivity contribution in [3.63, 3.8) is 0 Å². The maximum absolute atomic E-state index is 5.94. The molecule has 0 amide bonds. The van der Waals surface area contributed by atoms with Crippen LogP contribution in [-0.2, 0) is 9.47 Å². The fourth-order valence-corrected chi connectivity index (χ4v) is 3.95. The molecule has 110 valence electrons. The highest BCUT2D eigenvalue weighted by atomic mass is 16.5. The molecule has 0 aromatic carbocycles. The van der Waals surface area contributed by atoms with E-state index in [1.165, 1.54) is 32.1 Å². The molecule has 3 fully saturated rings. The van der Waals surface area contributed by atoms with Crippen molar-refractivity contribution in [1.82, 2.24) is 5.32 Å². The Morgan fingerprint density at radius 3 is 2.68 bits per heavy atom. The molecule has 19 heavy (non-hydrogen) atoms. The van der Waals surface area contributed by atoms with Gasteiger partial charge < -0.3 is 14.8 Å². The van der Waals surface area contributed by atoms with Crippen LogP contribution in [0.2, 0.25) is 0 Å². The number of nitrogens with one attached hydrogen (secondary N) is 1. The SMILES string of the molecule is CCOC1CC(NC2CCOC2C2CC2)C1(C)CC. The Labute approximate surface area is 117 Å². The van der Waals surface area contributed by atoms with Crippen LogP contribution in [0.1, 0.15) is 52.9 Å². The fourth-order valence-electron chi connectivity index (χ4n) is 3.95. The third-order valence-electron chi connectivity index (χ3n) is 5.75. The van der Waals surface area contributed by atoms with Gasteiger partial charge in [0.25, 0.3) is 0 Å². The van der Waals surface area contributed by atoms with Crippen LogP contribution < -0.4 is 5.32 Å². The third-order valence-corrected chi connectivity index (χ3v) is 5.75. The van der Waals surface area contributed by atoms with Crippen molar-refractivity contribution in [2.75, 3.05) is 13.2 Å². The molecular formula is C16H29NO2. The standard InChI is InChI=1S/C16H29NO2/c1-4-16(3)13(10-14(16)18-5-2)17-12-8-9-19-15(12)11-6-7-11/h11-15,17H,4-10H2,1-3H3. The van der Waals surface area contributed by atoms with E-state index in [-0.39, 0.29) is 0 Å². The molecular weight excluding hydrogens is 238 g/mol.